The van der Waals surface area contributed by atoms with Crippen LogP contribution >= 0.6 is 0 Å². The number of hydrogen-bond acceptors (Lipinski definition) is 4. The second-order valence-corrected chi connectivity index (χ2v) is 5.52. The zero-order chi connectivity index (χ0) is 15.4. The number of likely N-dealkylation sites (tertiary alicyclic amines) is 1. The second-order valence-electron chi connectivity index (χ2n) is 5.52. The van der Waals surface area contributed by atoms with Crippen molar-refractivity contribution in [2.24, 2.45) is 0 Å². The Morgan fingerprint density at radius 3 is 2.68 bits per heavy atom. The number of nitrogens with zero attached hydrogens (tertiary/aromatic N) is 2. The van der Waals surface area contributed by atoms with Crippen molar-refractivity contribution in [3.8, 4) is 0 Å². The molecule has 1 amide bonds. The van der Waals surface area contributed by atoms with Crippen LogP contribution in [0.15, 0.2) is 42.9 Å². The summed E-state index contributed by atoms with van der Waals surface area (Å²) >= 11 is 0. The van der Waals surface area contributed by atoms with Crippen molar-refractivity contribution in [1.29, 1.82) is 0 Å². The normalized spacial score (nSPS) is 17.2. The predicted octanol–water partition coefficient (Wildman–Crippen LogP) is 2.03. The van der Waals surface area contributed by atoms with Gasteiger partial charge in [-0.15, -0.1) is 0 Å². The third kappa shape index (κ3) is 3.12. The lowest BCUT2D eigenvalue weighted by atomic mass is 9.89. The highest BCUT2D eigenvalue weighted by atomic mass is 16.6. The van der Waals surface area contributed by atoms with Gasteiger partial charge in [0.05, 0.1) is 18.2 Å². The van der Waals surface area contributed by atoms with Crippen LogP contribution in [0.2, 0.25) is 0 Å². The fourth-order valence-electron chi connectivity index (χ4n) is 2.65. The van der Waals surface area contributed by atoms with E-state index in [-0.39, 0.29) is 12.7 Å². The topological polar surface area (TPSA) is 78.4 Å². The van der Waals surface area contributed by atoms with Crippen molar-refractivity contribution < 1.29 is 14.6 Å². The minimum Gasteiger partial charge on any atom is -0.445 e. The number of amides is 1. The van der Waals surface area contributed by atoms with Crippen molar-refractivity contribution in [1.82, 2.24) is 14.9 Å². The van der Waals surface area contributed by atoms with Crippen molar-refractivity contribution in [2.45, 2.75) is 25.0 Å². The lowest BCUT2D eigenvalue weighted by molar-refractivity contribution is -0.0284. The van der Waals surface area contributed by atoms with E-state index in [2.05, 4.69) is 9.97 Å². The number of ether oxygens (including phenoxy) is 1. The number of H-pyrrole nitrogens is 1. The molecule has 0 atom stereocenters. The molecule has 116 valence electrons. The lowest BCUT2D eigenvalue weighted by Crippen LogP contribution is -2.45. The third-order valence-corrected chi connectivity index (χ3v) is 4.05. The number of benzene rings is 1. The molecule has 6 heteroatoms. The highest BCUT2D eigenvalue weighted by molar-refractivity contribution is 5.67. The molecule has 0 unspecified atom stereocenters. The van der Waals surface area contributed by atoms with Gasteiger partial charge >= 0.3 is 6.09 Å². The number of nitrogens with one attached hydrogen (secondary N) is 1. The fourth-order valence-corrected chi connectivity index (χ4v) is 2.65. The maximum Gasteiger partial charge on any atom is 0.410 e. The van der Waals surface area contributed by atoms with E-state index in [0.717, 1.165) is 5.56 Å². The first-order chi connectivity index (χ1) is 10.7. The van der Waals surface area contributed by atoms with Crippen LogP contribution in [0.5, 0.6) is 0 Å². The average Bonchev–Trinajstić information content (AvgIpc) is 3.10. The Morgan fingerprint density at radius 2 is 2.05 bits per heavy atom. The summed E-state index contributed by atoms with van der Waals surface area (Å²) in [7, 11) is 0. The largest absolute Gasteiger partial charge is 0.445 e. The molecule has 6 nitrogen and oxygen atoms in total. The number of carbonyl (C=O) groups excluding carboxylic acids is 1. The van der Waals surface area contributed by atoms with Crippen molar-refractivity contribution >= 4 is 6.09 Å². The molecule has 0 spiro atoms. The zero-order valence-electron chi connectivity index (χ0n) is 12.2. The van der Waals surface area contributed by atoms with Gasteiger partial charge in [-0.3, -0.25) is 0 Å². The smallest absolute Gasteiger partial charge is 0.410 e. The average molecular weight is 301 g/mol. The van der Waals surface area contributed by atoms with Crippen molar-refractivity contribution in [3.05, 3.63) is 54.1 Å². The van der Waals surface area contributed by atoms with E-state index in [1.807, 2.05) is 30.3 Å². The summed E-state index contributed by atoms with van der Waals surface area (Å²) in [5.41, 5.74) is 0.721. The molecular formula is C16H19N3O3. The SMILES string of the molecule is O=C(OCc1ccccc1)N1CCC(O)(c2cnc[nH]2)CC1. The van der Waals surface area contributed by atoms with Gasteiger partial charge in [0, 0.05) is 13.1 Å². The molecule has 1 aromatic carbocycles. The van der Waals surface area contributed by atoms with Crippen LogP contribution in [0.4, 0.5) is 4.79 Å². The maximum absolute atomic E-state index is 12.1. The molecule has 0 radical (unpaired) electrons. The summed E-state index contributed by atoms with van der Waals surface area (Å²) in [6, 6.07) is 9.58. The summed E-state index contributed by atoms with van der Waals surface area (Å²) in [5.74, 6) is 0. The van der Waals surface area contributed by atoms with Crippen LogP contribution in [0.3, 0.4) is 0 Å². The molecule has 0 bridgehead atoms. The molecule has 1 aliphatic heterocycles. The monoisotopic (exact) mass is 301 g/mol. The molecule has 1 aliphatic rings. The molecular weight excluding hydrogens is 282 g/mol. The van der Waals surface area contributed by atoms with Crippen LogP contribution in [0.1, 0.15) is 24.1 Å². The zero-order valence-corrected chi connectivity index (χ0v) is 12.2. The van der Waals surface area contributed by atoms with Gasteiger partial charge in [0.2, 0.25) is 0 Å². The van der Waals surface area contributed by atoms with E-state index in [0.29, 0.717) is 31.6 Å². The molecule has 0 aliphatic carbocycles. The van der Waals surface area contributed by atoms with E-state index >= 15 is 0 Å². The number of aliphatic hydroxyl groups is 1. The summed E-state index contributed by atoms with van der Waals surface area (Å²) in [4.78, 5) is 20.6. The van der Waals surface area contributed by atoms with Gasteiger partial charge in [0.1, 0.15) is 12.2 Å². The van der Waals surface area contributed by atoms with Crippen LogP contribution in [0, 0.1) is 0 Å². The first-order valence-electron chi connectivity index (χ1n) is 7.34. The first kappa shape index (κ1) is 14.6. The molecule has 2 aromatic rings. The van der Waals surface area contributed by atoms with E-state index in [1.54, 1.807) is 17.4 Å². The standard InChI is InChI=1S/C16H19N3O3/c20-15(22-11-13-4-2-1-3-5-13)19-8-6-16(21,7-9-19)14-10-17-12-18-14/h1-5,10,12,21H,6-9,11H2,(H,17,18). The Balaban J connectivity index is 1.52. The number of aromatic nitrogens is 2. The molecule has 3 rings (SSSR count). The van der Waals surface area contributed by atoms with Crippen LogP contribution in [0.25, 0.3) is 0 Å². The number of aromatic amines is 1. The van der Waals surface area contributed by atoms with E-state index in [4.69, 9.17) is 4.74 Å². The number of hydrogen-bond donors (Lipinski definition) is 2. The predicted molar refractivity (Wildman–Crippen MR) is 79.9 cm³/mol. The minimum atomic E-state index is -0.938. The number of piperidine rings is 1. The molecule has 22 heavy (non-hydrogen) atoms. The van der Waals surface area contributed by atoms with Gasteiger partial charge in [-0.2, -0.15) is 0 Å². The molecule has 1 saturated heterocycles. The number of imidazole rings is 1. The first-order valence-corrected chi connectivity index (χ1v) is 7.34. The van der Waals surface area contributed by atoms with Crippen LogP contribution in [-0.4, -0.2) is 39.2 Å². The molecule has 1 aromatic heterocycles. The molecule has 0 saturated carbocycles. The Hall–Kier alpha value is -2.34. The highest BCUT2D eigenvalue weighted by Gasteiger charge is 2.36. The number of rotatable bonds is 3. The summed E-state index contributed by atoms with van der Waals surface area (Å²) in [5, 5.41) is 10.6. The minimum absolute atomic E-state index is 0.265. The fraction of sp³-hybridized carbons (Fsp3) is 0.375. The third-order valence-electron chi connectivity index (χ3n) is 4.05. The van der Waals surface area contributed by atoms with E-state index in [1.165, 1.54) is 0 Å². The molecule has 2 heterocycles. The number of carbonyl (C=O) groups is 1. The van der Waals surface area contributed by atoms with Crippen molar-refractivity contribution in [3.63, 3.8) is 0 Å². The second kappa shape index (κ2) is 6.19. The van der Waals surface area contributed by atoms with Gasteiger partial charge in [-0.1, -0.05) is 30.3 Å². The van der Waals surface area contributed by atoms with E-state index < -0.39 is 5.60 Å². The Labute approximate surface area is 128 Å². The Kier molecular flexibility index (Phi) is 4.11. The lowest BCUT2D eigenvalue weighted by Gasteiger charge is -2.36. The van der Waals surface area contributed by atoms with Gasteiger partial charge in [0.25, 0.3) is 0 Å². The Morgan fingerprint density at radius 1 is 1.32 bits per heavy atom. The molecule has 2 N–H and O–H groups in total. The van der Waals surface area contributed by atoms with Gasteiger partial charge < -0.3 is 19.7 Å². The summed E-state index contributed by atoms with van der Waals surface area (Å²) in [6.45, 7) is 1.19. The maximum atomic E-state index is 12.1. The summed E-state index contributed by atoms with van der Waals surface area (Å²) in [6.07, 6.45) is 3.78. The van der Waals surface area contributed by atoms with E-state index in [9.17, 15) is 9.90 Å². The van der Waals surface area contributed by atoms with Gasteiger partial charge in [-0.25, -0.2) is 9.78 Å². The van der Waals surface area contributed by atoms with Gasteiger partial charge in [-0.05, 0) is 18.4 Å². The Bertz CT molecular complexity index is 605. The van der Waals surface area contributed by atoms with Crippen LogP contribution in [-0.2, 0) is 16.9 Å². The van der Waals surface area contributed by atoms with Crippen molar-refractivity contribution in [2.75, 3.05) is 13.1 Å². The summed E-state index contributed by atoms with van der Waals surface area (Å²) < 4.78 is 5.31. The highest BCUT2D eigenvalue weighted by Crippen LogP contribution is 2.31. The quantitative estimate of drug-likeness (QED) is 0.909. The molecule has 1 fully saturated rings. The van der Waals surface area contributed by atoms with Crippen LogP contribution < -0.4 is 0 Å². The van der Waals surface area contributed by atoms with Gasteiger partial charge in [0.15, 0.2) is 0 Å².